The number of ether oxygens (including phenoxy) is 2. The molecule has 0 saturated heterocycles. The van der Waals surface area contributed by atoms with Crippen LogP contribution in [0, 0.1) is 6.92 Å². The van der Waals surface area contributed by atoms with Gasteiger partial charge in [-0.2, -0.15) is 0 Å². The Hall–Kier alpha value is -3.91. The number of H-pyrrole nitrogens is 1. The highest BCUT2D eigenvalue weighted by molar-refractivity contribution is 7.10. The number of hydrogen-bond donors (Lipinski definition) is 2. The van der Waals surface area contributed by atoms with Crippen molar-refractivity contribution in [3.05, 3.63) is 104 Å². The molecule has 3 aromatic rings. The Bertz CT molecular complexity index is 1330. The Kier molecular flexibility index (Phi) is 7.85. The average molecular weight is 504 g/mol. The first kappa shape index (κ1) is 25.2. The number of imidazole rings is 1. The summed E-state index contributed by atoms with van der Waals surface area (Å²) < 4.78 is 10.7. The molecule has 0 amide bonds. The van der Waals surface area contributed by atoms with Gasteiger partial charge in [0.1, 0.15) is 12.4 Å². The third-order valence-electron chi connectivity index (χ3n) is 5.95. The molecule has 1 unspecified atom stereocenters. The molecule has 0 aliphatic carbocycles. The molecule has 0 bridgehead atoms. The Morgan fingerprint density at radius 3 is 2.42 bits per heavy atom. The van der Waals surface area contributed by atoms with Gasteiger partial charge in [0.25, 0.3) is 0 Å². The van der Waals surface area contributed by atoms with E-state index in [1.165, 1.54) is 18.4 Å². The van der Waals surface area contributed by atoms with Crippen molar-refractivity contribution in [2.45, 2.75) is 33.1 Å². The minimum absolute atomic E-state index is 0.107. The molecule has 1 atom stereocenters. The maximum Gasteiger partial charge on any atom is 0.337 e. The van der Waals surface area contributed by atoms with Crippen LogP contribution >= 0.6 is 11.3 Å². The molecule has 1 aliphatic rings. The van der Waals surface area contributed by atoms with E-state index in [1.54, 1.807) is 12.3 Å². The molecule has 8 heteroatoms. The van der Waals surface area contributed by atoms with Gasteiger partial charge in [0.2, 0.25) is 0 Å². The number of aromatic nitrogens is 2. The first-order valence-electron chi connectivity index (χ1n) is 11.6. The van der Waals surface area contributed by atoms with Gasteiger partial charge in [-0.25, -0.2) is 14.6 Å². The van der Waals surface area contributed by atoms with Gasteiger partial charge in [-0.3, -0.25) is 0 Å². The van der Waals surface area contributed by atoms with E-state index in [-0.39, 0.29) is 6.61 Å². The van der Waals surface area contributed by atoms with Gasteiger partial charge >= 0.3 is 11.9 Å². The van der Waals surface area contributed by atoms with Crippen LogP contribution < -0.4 is 5.32 Å². The zero-order valence-electron chi connectivity index (χ0n) is 20.8. The van der Waals surface area contributed by atoms with Crippen LogP contribution in [-0.4, -0.2) is 35.6 Å². The van der Waals surface area contributed by atoms with Crippen molar-refractivity contribution in [2.75, 3.05) is 13.7 Å². The predicted molar refractivity (Wildman–Crippen MR) is 140 cm³/mol. The number of benzene rings is 1. The Morgan fingerprint density at radius 1 is 1.08 bits per heavy atom. The average Bonchev–Trinajstić information content (AvgIpc) is 3.53. The molecule has 3 heterocycles. The van der Waals surface area contributed by atoms with Crippen LogP contribution in [0.3, 0.4) is 0 Å². The lowest BCUT2D eigenvalue weighted by atomic mass is 9.84. The van der Waals surface area contributed by atoms with Gasteiger partial charge in [0.05, 0.1) is 24.2 Å². The molecule has 2 N–H and O–H groups in total. The van der Waals surface area contributed by atoms with Crippen molar-refractivity contribution < 1.29 is 19.1 Å². The van der Waals surface area contributed by atoms with Crippen molar-refractivity contribution in [1.82, 2.24) is 15.3 Å². The fourth-order valence-electron chi connectivity index (χ4n) is 4.25. The van der Waals surface area contributed by atoms with Crippen LogP contribution in [0.5, 0.6) is 0 Å². The highest BCUT2D eigenvalue weighted by Gasteiger charge is 2.38. The molecule has 1 aliphatic heterocycles. The highest BCUT2D eigenvalue weighted by Crippen LogP contribution is 2.41. The van der Waals surface area contributed by atoms with Crippen LogP contribution in [0.4, 0.5) is 0 Å². The number of thiophene rings is 1. The molecule has 4 rings (SSSR count). The standard InChI is InChI=1S/C28H29N3O4S/c1-17-14-22(36-16-17)26-24(27(32)34-4)18(2)31-19(3)25(26)28(33)35-13-5-6-20-7-9-21(10-8-20)15-23-29-11-12-30-23/h5-12,14,16,26,31H,13,15H2,1-4H3,(H,29,30). The Labute approximate surface area is 214 Å². The lowest BCUT2D eigenvalue weighted by molar-refractivity contribution is -0.138. The molecule has 0 saturated carbocycles. The molecule has 2 aromatic heterocycles. The number of carbonyl (C=O) groups excluding carboxylic acids is 2. The molecule has 186 valence electrons. The zero-order valence-corrected chi connectivity index (χ0v) is 21.6. The number of aryl methyl sites for hydroxylation is 1. The Balaban J connectivity index is 1.45. The number of nitrogens with zero attached hydrogens (tertiary/aromatic N) is 1. The lowest BCUT2D eigenvalue weighted by Gasteiger charge is -2.29. The largest absolute Gasteiger partial charge is 0.466 e. The topological polar surface area (TPSA) is 93.3 Å². The number of aromatic amines is 1. The number of nitrogens with one attached hydrogen (secondary N) is 2. The summed E-state index contributed by atoms with van der Waals surface area (Å²) in [6.45, 7) is 5.73. The zero-order chi connectivity index (χ0) is 25.7. The van der Waals surface area contributed by atoms with E-state index in [2.05, 4.69) is 15.3 Å². The minimum atomic E-state index is -0.546. The number of methoxy groups -OCH3 is 1. The first-order valence-corrected chi connectivity index (χ1v) is 12.5. The maximum atomic E-state index is 13.2. The van der Waals surface area contributed by atoms with Crippen molar-refractivity contribution >= 4 is 29.4 Å². The van der Waals surface area contributed by atoms with Gasteiger partial charge in [-0.05, 0) is 55.0 Å². The van der Waals surface area contributed by atoms with E-state index in [0.29, 0.717) is 22.5 Å². The summed E-state index contributed by atoms with van der Waals surface area (Å²) in [6.07, 6.45) is 8.01. The molecule has 0 radical (unpaired) electrons. The molecule has 7 nitrogen and oxygen atoms in total. The molecule has 0 fully saturated rings. The smallest absolute Gasteiger partial charge is 0.337 e. The predicted octanol–water partition coefficient (Wildman–Crippen LogP) is 5.03. The van der Waals surface area contributed by atoms with Crippen LogP contribution in [0.1, 0.15) is 47.2 Å². The van der Waals surface area contributed by atoms with Gasteiger partial charge < -0.3 is 19.8 Å². The number of esters is 2. The van der Waals surface area contributed by atoms with E-state index in [4.69, 9.17) is 9.47 Å². The second kappa shape index (κ2) is 11.2. The number of allylic oxidation sites excluding steroid dienone is 2. The summed E-state index contributed by atoms with van der Waals surface area (Å²) in [7, 11) is 1.34. The number of rotatable bonds is 8. The van der Waals surface area contributed by atoms with Crippen molar-refractivity contribution in [1.29, 1.82) is 0 Å². The third-order valence-corrected chi connectivity index (χ3v) is 7.06. The Morgan fingerprint density at radius 2 is 1.81 bits per heavy atom. The molecular weight excluding hydrogens is 474 g/mol. The van der Waals surface area contributed by atoms with Crippen molar-refractivity contribution in [2.24, 2.45) is 0 Å². The van der Waals surface area contributed by atoms with E-state index >= 15 is 0 Å². The van der Waals surface area contributed by atoms with E-state index in [1.807, 2.05) is 68.8 Å². The van der Waals surface area contributed by atoms with E-state index in [0.717, 1.165) is 33.8 Å². The summed E-state index contributed by atoms with van der Waals surface area (Å²) in [5.41, 5.74) is 5.39. The number of hydrogen-bond acceptors (Lipinski definition) is 7. The monoisotopic (exact) mass is 503 g/mol. The maximum absolute atomic E-state index is 13.2. The summed E-state index contributed by atoms with van der Waals surface area (Å²) in [4.78, 5) is 34.1. The van der Waals surface area contributed by atoms with Gasteiger partial charge in [-0.1, -0.05) is 30.3 Å². The summed E-state index contributed by atoms with van der Waals surface area (Å²) in [5, 5.41) is 5.16. The van der Waals surface area contributed by atoms with Crippen LogP contribution in [-0.2, 0) is 25.5 Å². The van der Waals surface area contributed by atoms with Gasteiger partial charge in [-0.15, -0.1) is 11.3 Å². The quantitative estimate of drug-likeness (QED) is 0.419. The fourth-order valence-corrected chi connectivity index (χ4v) is 5.27. The third kappa shape index (κ3) is 5.66. The SMILES string of the molecule is COC(=O)C1=C(C)NC(C)=C(C(=O)OCC=Cc2ccc(Cc3ncc[nH]3)cc2)C1c1cc(C)cs1. The normalized spacial score (nSPS) is 15.8. The molecule has 1 aromatic carbocycles. The summed E-state index contributed by atoms with van der Waals surface area (Å²) >= 11 is 1.51. The first-order chi connectivity index (χ1) is 17.4. The van der Waals surface area contributed by atoms with Crippen LogP contribution in [0.2, 0.25) is 0 Å². The second-order valence-corrected chi connectivity index (χ2v) is 9.55. The number of dihydropyridines is 1. The lowest BCUT2D eigenvalue weighted by Crippen LogP contribution is -2.32. The van der Waals surface area contributed by atoms with Gasteiger partial charge in [0.15, 0.2) is 0 Å². The van der Waals surface area contributed by atoms with Gasteiger partial charge in [0, 0.05) is 35.1 Å². The minimum Gasteiger partial charge on any atom is -0.466 e. The second-order valence-electron chi connectivity index (χ2n) is 8.61. The summed E-state index contributed by atoms with van der Waals surface area (Å²) in [5.74, 6) is -0.563. The summed E-state index contributed by atoms with van der Waals surface area (Å²) in [6, 6.07) is 10.1. The van der Waals surface area contributed by atoms with Crippen LogP contribution in [0.25, 0.3) is 6.08 Å². The van der Waals surface area contributed by atoms with Crippen LogP contribution in [0.15, 0.2) is 76.7 Å². The van der Waals surface area contributed by atoms with E-state index in [9.17, 15) is 9.59 Å². The van der Waals surface area contributed by atoms with E-state index < -0.39 is 17.9 Å². The highest BCUT2D eigenvalue weighted by atomic mass is 32.1. The van der Waals surface area contributed by atoms with Crippen molar-refractivity contribution in [3.8, 4) is 0 Å². The fraction of sp³-hybridized carbons (Fsp3) is 0.250. The van der Waals surface area contributed by atoms with Crippen molar-refractivity contribution in [3.63, 3.8) is 0 Å². The molecule has 36 heavy (non-hydrogen) atoms. The molecule has 0 spiro atoms. The number of carbonyl (C=O) groups is 2. The molecular formula is C28H29N3O4S.